The first-order valence-corrected chi connectivity index (χ1v) is 40.7. The first-order chi connectivity index (χ1) is 57.4. The van der Waals surface area contributed by atoms with E-state index in [0.717, 1.165) is 13.8 Å². The van der Waals surface area contributed by atoms with Gasteiger partial charge in [-0.2, -0.15) is 33.7 Å². The number of hydrogen-bond donors (Lipinski definition) is 26. The fraction of sp³-hybridized carbons (Fsp3) is 0.857. The Balaban J connectivity index is 1.03. The highest BCUT2D eigenvalue weighted by Gasteiger charge is 2.62. The lowest BCUT2D eigenvalue weighted by molar-refractivity contribution is -0.466. The minimum Gasteiger partial charge on any atom is -0.479 e. The van der Waals surface area contributed by atoms with Gasteiger partial charge in [0, 0.05) is 27.7 Å². The summed E-state index contributed by atoms with van der Waals surface area (Å²) < 4.78 is 216. The normalized spacial score (nSPS) is 42.0. The van der Waals surface area contributed by atoms with Crippen molar-refractivity contribution in [3.05, 3.63) is 0 Å². The molecule has 0 saturated carbocycles. The lowest BCUT2D eigenvalue weighted by Crippen LogP contribution is -2.70. The van der Waals surface area contributed by atoms with Gasteiger partial charge in [-0.1, -0.05) is 0 Å². The van der Waals surface area contributed by atoms with E-state index in [4.69, 9.17) is 94.9 Å². The van der Waals surface area contributed by atoms with Gasteiger partial charge in [0.15, 0.2) is 74.2 Å². The van der Waals surface area contributed by atoms with E-state index in [1.54, 1.807) is 0 Å². The molecule has 0 aromatic heterocycles. The topological polar surface area (TPSA) is 969 Å². The molecule has 64 nitrogen and oxygen atoms in total. The molecular weight excluding hydrogens is 1820 g/mol. The molecule has 4 amide bonds. The zero-order valence-electron chi connectivity index (χ0n) is 62.9. The van der Waals surface area contributed by atoms with Crippen LogP contribution in [0.1, 0.15) is 27.7 Å². The maximum absolute atomic E-state index is 13.2. The van der Waals surface area contributed by atoms with Crippen LogP contribution in [0.5, 0.6) is 0 Å². The number of carbonyl (C=O) groups is 8. The summed E-state index contributed by atoms with van der Waals surface area (Å²) in [7, 11) is -22.3. The molecule has 8 aliphatic heterocycles. The number of aliphatic hydroxyl groups is 14. The molecule has 124 heavy (non-hydrogen) atoms. The maximum Gasteiger partial charge on any atom is 0.397 e. The lowest BCUT2D eigenvalue weighted by Gasteiger charge is -2.48. The zero-order chi connectivity index (χ0) is 92.9. The molecule has 26 N–H and O–H groups in total. The fourth-order valence-electron chi connectivity index (χ4n) is 13.3. The Morgan fingerprint density at radius 3 is 0.839 bits per heavy atom. The van der Waals surface area contributed by atoms with Crippen molar-refractivity contribution in [2.24, 2.45) is 0 Å². The molecule has 40 atom stereocenters. The van der Waals surface area contributed by atoms with Crippen molar-refractivity contribution in [3.63, 3.8) is 0 Å². The first kappa shape index (κ1) is 103. The summed E-state index contributed by atoms with van der Waals surface area (Å²) >= 11 is 0. The minimum atomic E-state index is -5.91. The summed E-state index contributed by atoms with van der Waals surface area (Å²) in [6.07, 6.45) is -92.6. The summed E-state index contributed by atoms with van der Waals surface area (Å²) in [5, 5.41) is 206. The average molecular weight is 1900 g/mol. The molecule has 8 heterocycles. The van der Waals surface area contributed by atoms with Crippen LogP contribution in [0.3, 0.4) is 0 Å². The van der Waals surface area contributed by atoms with E-state index >= 15 is 0 Å². The molecule has 8 fully saturated rings. The Morgan fingerprint density at radius 1 is 0.282 bits per heavy atom. The Morgan fingerprint density at radius 2 is 0.548 bits per heavy atom. The number of amides is 4. The average Bonchev–Trinajstić information content (AvgIpc) is 0.769. The summed E-state index contributed by atoms with van der Waals surface area (Å²) in [6.45, 7) is -2.90. The molecule has 0 aromatic rings. The van der Waals surface area contributed by atoms with Gasteiger partial charge in [-0.25, -0.2) is 65.2 Å². The van der Waals surface area contributed by atoms with Crippen molar-refractivity contribution in [2.45, 2.75) is 273 Å². The Hall–Kier alpha value is -6.04. The van der Waals surface area contributed by atoms with Gasteiger partial charge < -0.3 is 170 Å². The van der Waals surface area contributed by atoms with Crippen LogP contribution in [0.4, 0.5) is 0 Å². The second-order valence-electron chi connectivity index (χ2n) is 27.7. The number of carbonyl (C=O) groups excluding carboxylic acids is 4. The molecular formula is C56H86N4O60S4. The van der Waals surface area contributed by atoms with Crippen molar-refractivity contribution in [3.8, 4) is 0 Å². The highest BCUT2D eigenvalue weighted by Crippen LogP contribution is 2.39. The molecule has 0 aromatic carbocycles. The van der Waals surface area contributed by atoms with Gasteiger partial charge >= 0.3 is 65.5 Å². The molecule has 0 radical (unpaired) electrons. The van der Waals surface area contributed by atoms with Gasteiger partial charge in [0.1, 0.15) is 152 Å². The Kier molecular flexibility index (Phi) is 35.6. The summed E-state index contributed by atoms with van der Waals surface area (Å²) in [6, 6.07) is -8.97. The van der Waals surface area contributed by atoms with Gasteiger partial charge in [0.25, 0.3) is 0 Å². The molecule has 8 saturated heterocycles. The highest BCUT2D eigenvalue weighted by atomic mass is 32.3. The van der Waals surface area contributed by atoms with Crippen LogP contribution in [-0.2, 0) is 183 Å². The second-order valence-corrected chi connectivity index (χ2v) is 32.0. The second kappa shape index (κ2) is 42.7. The predicted molar refractivity (Wildman–Crippen MR) is 358 cm³/mol. The third-order valence-corrected chi connectivity index (χ3v) is 20.6. The number of carboxylic acids is 4. The van der Waals surface area contributed by atoms with Crippen molar-refractivity contribution < 1.29 is 285 Å². The van der Waals surface area contributed by atoms with E-state index in [1.165, 1.54) is 0 Å². The van der Waals surface area contributed by atoms with E-state index in [9.17, 15) is 178 Å². The third kappa shape index (κ3) is 26.2. The Bertz CT molecular complexity index is 4160. The first-order valence-electron chi connectivity index (χ1n) is 35.2. The zero-order valence-corrected chi connectivity index (χ0v) is 66.2. The van der Waals surface area contributed by atoms with Crippen molar-refractivity contribution in [1.82, 2.24) is 21.3 Å². The van der Waals surface area contributed by atoms with E-state index in [2.05, 4.69) is 28.5 Å². The number of nitrogens with one attached hydrogen (secondary N) is 4. The highest BCUT2D eigenvalue weighted by molar-refractivity contribution is 7.81. The number of carboxylic acid groups (broad SMARTS) is 4. The van der Waals surface area contributed by atoms with Crippen LogP contribution in [0.15, 0.2) is 0 Å². The van der Waals surface area contributed by atoms with Gasteiger partial charge in [0.2, 0.25) is 42.5 Å². The van der Waals surface area contributed by atoms with Crippen molar-refractivity contribution in [2.75, 3.05) is 26.4 Å². The van der Waals surface area contributed by atoms with E-state index < -0.39 is 361 Å². The minimum absolute atomic E-state index is 0.687. The van der Waals surface area contributed by atoms with Crippen LogP contribution >= 0.6 is 0 Å². The molecule has 68 heteroatoms. The fourth-order valence-corrected chi connectivity index (χ4v) is 14.7. The number of ether oxygens (including phenoxy) is 12. The number of hydrogen-bond acceptors (Lipinski definition) is 52. The summed E-state index contributed by atoms with van der Waals surface area (Å²) in [5.41, 5.74) is 0. The monoisotopic (exact) mass is 1900 g/mol. The standard InChI is InChI=1S/C56H86N4O60S4/c1-9(62)57-17-34(21(66)14(102-49(17)86)6-99-121(87,88)89)106-54-30(75)26(71)39(42(111-54)46(80)81)116-119-52-20(60-12(4)65)37(33(13(5-61)103-52)120-124(96,97)98)109-56-32(77)28(73)40(44(113-56)48(84)85)115-118-51-19(59-11(3)64)36(23(68)16(105-51)8-101-123(93,94)95)108-55-31(76)27(72)38(43(112-55)47(82)83)114-117-50-18(58-10(2)63)35(22(67)15(104-50)7-100-122(90,91)92)107-53-29(74)24(69)25(70)41(110-53)45(78)79/h13-44,49-56,61,66-77,86H,5-8H2,1-4H3,(H,57,62)(H,58,63)(H,59,64)(H,60,65)(H,78,79)(H,80,81)(H,82,83)(H,84,85)(H,87,88,89)(H,90,91,92)(H,93,94,95)(H,96,97,98)/t13-,14-,15-,16-,17-,18-,19-,20-,21+,22+,23+,24+,25+,26-,27-,28-,29-,30-,31-,32-,33+,34-,35-,36-,37-,38+,39+,40+,41+,42+,43+,44+,49+,50-,51-,52-,53-,54-,55-,56-/m1/s1. The number of aliphatic hydroxyl groups excluding tert-OH is 14. The number of rotatable bonds is 37. The van der Waals surface area contributed by atoms with Crippen LogP contribution in [0.25, 0.3) is 0 Å². The van der Waals surface area contributed by atoms with E-state index in [0.29, 0.717) is 13.8 Å². The van der Waals surface area contributed by atoms with Crippen LogP contribution in [0.2, 0.25) is 0 Å². The van der Waals surface area contributed by atoms with Gasteiger partial charge in [-0.05, 0) is 0 Å². The lowest BCUT2D eigenvalue weighted by atomic mass is 9.95. The molecule has 0 bridgehead atoms. The molecule has 8 rings (SSSR count). The summed E-state index contributed by atoms with van der Waals surface area (Å²) in [4.78, 5) is 133. The SMILES string of the molecule is CC(=O)N[C@@H]1[C@@H](O[C@@H]2O[C@H](C(=O)O)[C@@H](OO[C@H]3O[C@H](CO)[C@H](OS(=O)(=O)O)[C@H](O[C@@H]4O[C@H](C(=O)O)[C@@H](OO[C@H]5O[C@H](COS(=O)(=O)O)[C@H](O)[C@H](O[C@@H]6O[C@H](C(=O)O)[C@@H](OO[C@H]7O[C@H](COS(=O)(=O)O)[C@H](O)[C@H](O[C@@H]8O[C@H](C(=O)O)[C@@H](O)[C@H](O)[C@H]8O)[C@H]7NC(C)=O)[C@H](O)[C@H]6O)[C@H]5NC(C)=O)[C@H](O)[C@H]4O)[C@H]3NC(C)=O)[C@H](O)[C@H]2O)[C@@H](O)[C@@H](COS(=O)(=O)O)O[C@@H]1O. The third-order valence-electron chi connectivity index (χ3n) is 18.8. The maximum atomic E-state index is 13.2. The van der Waals surface area contributed by atoms with E-state index in [-0.39, 0.29) is 0 Å². The quantitative estimate of drug-likeness (QED) is 0.0156. The molecule has 0 spiro atoms. The van der Waals surface area contributed by atoms with Gasteiger partial charge in [0.05, 0.1) is 26.4 Å². The predicted octanol–water partition coefficient (Wildman–Crippen LogP) is -18.4. The van der Waals surface area contributed by atoms with Crippen LogP contribution < -0.4 is 21.3 Å². The van der Waals surface area contributed by atoms with Crippen LogP contribution in [0, 0.1) is 0 Å². The van der Waals surface area contributed by atoms with Crippen molar-refractivity contribution >= 4 is 89.1 Å². The summed E-state index contributed by atoms with van der Waals surface area (Å²) in [5.74, 6) is -13.4. The van der Waals surface area contributed by atoms with Gasteiger partial charge in [-0.3, -0.25) is 37.4 Å². The Labute approximate surface area is 692 Å². The largest absolute Gasteiger partial charge is 0.479 e. The smallest absolute Gasteiger partial charge is 0.397 e. The molecule has 714 valence electrons. The van der Waals surface area contributed by atoms with Crippen LogP contribution in [-0.4, -0.2) is 463 Å². The molecule has 0 aliphatic carbocycles. The van der Waals surface area contributed by atoms with E-state index in [1.807, 2.05) is 5.32 Å². The number of aliphatic carboxylic acids is 4. The van der Waals surface area contributed by atoms with Crippen molar-refractivity contribution in [1.29, 1.82) is 0 Å². The van der Waals surface area contributed by atoms with Gasteiger partial charge in [-0.15, -0.1) is 0 Å². The molecule has 8 aliphatic rings. The molecule has 0 unspecified atom stereocenters.